The van der Waals surface area contributed by atoms with Crippen molar-refractivity contribution in [1.29, 1.82) is 0 Å². The topological polar surface area (TPSA) is 54.9 Å². The minimum Gasteiger partial charge on any atom is -0.490 e. The zero-order valence-corrected chi connectivity index (χ0v) is 21.6. The van der Waals surface area contributed by atoms with E-state index in [2.05, 4.69) is 48.7 Å². The molecule has 0 aliphatic heterocycles. The smallest absolute Gasteiger partial charge is 0.191 e. The van der Waals surface area contributed by atoms with Crippen LogP contribution in [0.4, 0.5) is 5.69 Å². The van der Waals surface area contributed by atoms with Crippen molar-refractivity contribution in [2.45, 2.75) is 26.2 Å². The highest BCUT2D eigenvalue weighted by Gasteiger charge is 2.13. The summed E-state index contributed by atoms with van der Waals surface area (Å²) in [6.45, 7) is 7.19. The van der Waals surface area contributed by atoms with Crippen molar-refractivity contribution in [2.24, 2.45) is 5.10 Å². The molecule has 0 aliphatic carbocycles. The molecule has 0 radical (unpaired) electrons. The van der Waals surface area contributed by atoms with Crippen molar-refractivity contribution in [1.82, 2.24) is 5.43 Å². The van der Waals surface area contributed by atoms with Crippen LogP contribution in [0.1, 0.15) is 31.9 Å². The summed E-state index contributed by atoms with van der Waals surface area (Å²) in [5.74, 6) is 1.19. The molecular weight excluding hydrogens is 489 g/mol. The van der Waals surface area contributed by atoms with E-state index in [1.807, 2.05) is 42.5 Å². The molecular formula is C26H27Cl2N3O2S. The number of ether oxygens (including phenoxy) is 2. The van der Waals surface area contributed by atoms with Gasteiger partial charge in [-0.3, -0.25) is 5.43 Å². The van der Waals surface area contributed by atoms with Crippen LogP contribution in [0.2, 0.25) is 10.0 Å². The van der Waals surface area contributed by atoms with Gasteiger partial charge >= 0.3 is 0 Å². The SMILES string of the molecule is CC(C)(C)c1ccc(OCCOc2c(Cl)cc(C=NNC(=S)Nc3ccccc3)cc2Cl)cc1. The number of hydrogen-bond acceptors (Lipinski definition) is 4. The van der Waals surface area contributed by atoms with E-state index in [1.165, 1.54) is 5.56 Å². The number of para-hydroxylation sites is 1. The van der Waals surface area contributed by atoms with Crippen molar-refractivity contribution in [3.63, 3.8) is 0 Å². The molecule has 8 heteroatoms. The molecule has 0 aliphatic rings. The minimum absolute atomic E-state index is 0.104. The number of thiocarbonyl (C=S) groups is 1. The Balaban J connectivity index is 1.48. The highest BCUT2D eigenvalue weighted by Crippen LogP contribution is 2.34. The lowest BCUT2D eigenvalue weighted by Gasteiger charge is -2.19. The fourth-order valence-electron chi connectivity index (χ4n) is 2.99. The second kappa shape index (κ2) is 12.1. The van der Waals surface area contributed by atoms with Crippen LogP contribution in [0.5, 0.6) is 11.5 Å². The number of nitrogens with one attached hydrogen (secondary N) is 2. The van der Waals surface area contributed by atoms with Gasteiger partial charge in [0.1, 0.15) is 19.0 Å². The van der Waals surface area contributed by atoms with Crippen LogP contribution in [0, 0.1) is 0 Å². The Morgan fingerprint density at radius 2 is 1.56 bits per heavy atom. The molecule has 0 atom stereocenters. The van der Waals surface area contributed by atoms with Gasteiger partial charge < -0.3 is 14.8 Å². The Morgan fingerprint density at radius 3 is 2.18 bits per heavy atom. The Morgan fingerprint density at radius 1 is 0.941 bits per heavy atom. The third-order valence-corrected chi connectivity index (χ3v) is 5.51. The van der Waals surface area contributed by atoms with E-state index in [-0.39, 0.29) is 5.41 Å². The van der Waals surface area contributed by atoms with Crippen molar-refractivity contribution in [3.8, 4) is 11.5 Å². The standard InChI is InChI=1S/C26H27Cl2N3O2S/c1-26(2,3)19-9-11-21(12-10-19)32-13-14-33-24-22(27)15-18(16-23(24)28)17-29-31-25(34)30-20-7-5-4-6-8-20/h4-12,15-17H,13-14H2,1-3H3,(H2,30,31,34). The van der Waals surface area contributed by atoms with Crippen molar-refractivity contribution in [2.75, 3.05) is 18.5 Å². The molecule has 0 amide bonds. The zero-order chi connectivity index (χ0) is 24.6. The average molecular weight is 516 g/mol. The van der Waals surface area contributed by atoms with Gasteiger partial charge in [-0.25, -0.2) is 0 Å². The monoisotopic (exact) mass is 515 g/mol. The molecule has 0 saturated heterocycles. The van der Waals surface area contributed by atoms with E-state index < -0.39 is 0 Å². The van der Waals surface area contributed by atoms with E-state index in [0.717, 1.165) is 11.4 Å². The molecule has 0 unspecified atom stereocenters. The lowest BCUT2D eigenvalue weighted by Crippen LogP contribution is -2.23. The summed E-state index contributed by atoms with van der Waals surface area (Å²) in [6.07, 6.45) is 1.57. The van der Waals surface area contributed by atoms with Crippen LogP contribution in [-0.4, -0.2) is 24.5 Å². The molecule has 3 aromatic carbocycles. The molecule has 0 fully saturated rings. The summed E-state index contributed by atoms with van der Waals surface area (Å²) in [5.41, 5.74) is 5.69. The maximum absolute atomic E-state index is 6.37. The largest absolute Gasteiger partial charge is 0.490 e. The van der Waals surface area contributed by atoms with Crippen LogP contribution >= 0.6 is 35.4 Å². The first-order valence-corrected chi connectivity index (χ1v) is 11.9. The summed E-state index contributed by atoms with van der Waals surface area (Å²) in [4.78, 5) is 0. The first-order valence-electron chi connectivity index (χ1n) is 10.7. The lowest BCUT2D eigenvalue weighted by atomic mass is 9.87. The molecule has 0 bridgehead atoms. The molecule has 0 heterocycles. The van der Waals surface area contributed by atoms with Crippen LogP contribution in [-0.2, 0) is 5.41 Å². The quantitative estimate of drug-likeness (QED) is 0.145. The van der Waals surface area contributed by atoms with Gasteiger partial charge in [0.25, 0.3) is 0 Å². The Labute approximate surface area is 216 Å². The van der Waals surface area contributed by atoms with E-state index in [4.69, 9.17) is 44.9 Å². The number of nitrogens with zero attached hydrogens (tertiary/aromatic N) is 1. The Bertz CT molecular complexity index is 1110. The number of benzene rings is 3. The number of anilines is 1. The third-order valence-electron chi connectivity index (χ3n) is 4.75. The van der Waals surface area contributed by atoms with Crippen LogP contribution in [0.3, 0.4) is 0 Å². The molecule has 5 nitrogen and oxygen atoms in total. The summed E-state index contributed by atoms with van der Waals surface area (Å²) >= 11 is 18.0. The third kappa shape index (κ3) is 7.90. The second-order valence-electron chi connectivity index (χ2n) is 8.48. The van der Waals surface area contributed by atoms with Gasteiger partial charge in [-0.05, 0) is 65.2 Å². The van der Waals surface area contributed by atoms with Gasteiger partial charge in [0.2, 0.25) is 0 Å². The van der Waals surface area contributed by atoms with E-state index >= 15 is 0 Å². The average Bonchev–Trinajstić information content (AvgIpc) is 2.78. The summed E-state index contributed by atoms with van der Waals surface area (Å²) in [5, 5.41) is 8.29. The molecule has 3 rings (SSSR count). The van der Waals surface area contributed by atoms with Crippen LogP contribution in [0.15, 0.2) is 71.8 Å². The predicted molar refractivity (Wildman–Crippen MR) is 146 cm³/mol. The summed E-state index contributed by atoms with van der Waals surface area (Å²) in [6, 6.07) is 21.1. The molecule has 3 aromatic rings. The minimum atomic E-state index is 0.104. The summed E-state index contributed by atoms with van der Waals surface area (Å²) < 4.78 is 11.5. The van der Waals surface area contributed by atoms with Gasteiger partial charge in [-0.1, -0.05) is 74.3 Å². The second-order valence-corrected chi connectivity index (χ2v) is 9.70. The highest BCUT2D eigenvalue weighted by molar-refractivity contribution is 7.80. The Kier molecular flexibility index (Phi) is 9.16. The fourth-order valence-corrected chi connectivity index (χ4v) is 3.78. The van der Waals surface area contributed by atoms with Gasteiger partial charge in [-0.15, -0.1) is 0 Å². The van der Waals surface area contributed by atoms with Crippen LogP contribution < -0.4 is 20.2 Å². The van der Waals surface area contributed by atoms with Crippen LogP contribution in [0.25, 0.3) is 0 Å². The molecule has 34 heavy (non-hydrogen) atoms. The molecule has 0 saturated carbocycles. The fraction of sp³-hybridized carbons (Fsp3) is 0.231. The van der Waals surface area contributed by atoms with Gasteiger partial charge in [0, 0.05) is 5.69 Å². The first-order chi connectivity index (χ1) is 16.2. The van der Waals surface area contributed by atoms with Gasteiger partial charge in [0.05, 0.1) is 16.3 Å². The number of halogens is 2. The molecule has 0 spiro atoms. The zero-order valence-electron chi connectivity index (χ0n) is 19.3. The van der Waals surface area contributed by atoms with E-state index in [9.17, 15) is 0 Å². The van der Waals surface area contributed by atoms with Crippen molar-refractivity contribution >= 4 is 52.4 Å². The molecule has 0 aromatic heterocycles. The van der Waals surface area contributed by atoms with Gasteiger partial charge in [0.15, 0.2) is 10.9 Å². The number of hydrazone groups is 1. The molecule has 2 N–H and O–H groups in total. The number of hydrogen-bond donors (Lipinski definition) is 2. The van der Waals surface area contributed by atoms with E-state index in [1.54, 1.807) is 18.3 Å². The Hall–Kier alpha value is -2.80. The maximum atomic E-state index is 6.37. The summed E-state index contributed by atoms with van der Waals surface area (Å²) in [7, 11) is 0. The first kappa shape index (κ1) is 25.8. The maximum Gasteiger partial charge on any atom is 0.191 e. The normalized spacial score (nSPS) is 11.3. The van der Waals surface area contributed by atoms with Crippen molar-refractivity contribution < 1.29 is 9.47 Å². The van der Waals surface area contributed by atoms with Crippen molar-refractivity contribution in [3.05, 3.63) is 87.9 Å². The molecule has 178 valence electrons. The number of rotatable bonds is 8. The predicted octanol–water partition coefficient (Wildman–Crippen LogP) is 7.07. The lowest BCUT2D eigenvalue weighted by molar-refractivity contribution is 0.217. The van der Waals surface area contributed by atoms with E-state index in [0.29, 0.717) is 39.7 Å². The highest BCUT2D eigenvalue weighted by atomic mass is 35.5. The van der Waals surface area contributed by atoms with Gasteiger partial charge in [-0.2, -0.15) is 5.10 Å².